The molecule has 2 aromatic rings. The second kappa shape index (κ2) is 8.00. The van der Waals surface area contributed by atoms with E-state index < -0.39 is 0 Å². The van der Waals surface area contributed by atoms with Gasteiger partial charge in [0.15, 0.2) is 0 Å². The van der Waals surface area contributed by atoms with Crippen molar-refractivity contribution in [3.63, 3.8) is 0 Å². The van der Waals surface area contributed by atoms with Gasteiger partial charge in [-0.2, -0.15) is 0 Å². The summed E-state index contributed by atoms with van der Waals surface area (Å²) < 4.78 is 0. The Morgan fingerprint density at radius 3 is 2.17 bits per heavy atom. The average Bonchev–Trinajstić information content (AvgIpc) is 2.52. The standard InChI is InChI=1S/C21H28N2O/c1-6-7-18-8-10-19(11-9-18)22-17(5)21(24)23-20-15(3)12-14(2)13-16(20)4/h8-13,17,22H,6-7H2,1-5H3,(H,23,24)/t17-/m0/s1. The maximum Gasteiger partial charge on any atom is 0.246 e. The lowest BCUT2D eigenvalue weighted by Gasteiger charge is -2.18. The van der Waals surface area contributed by atoms with Crippen LogP contribution in [0.15, 0.2) is 36.4 Å². The lowest BCUT2D eigenvalue weighted by molar-refractivity contribution is -0.116. The van der Waals surface area contributed by atoms with Crippen LogP contribution in [0.5, 0.6) is 0 Å². The maximum atomic E-state index is 12.5. The average molecular weight is 324 g/mol. The summed E-state index contributed by atoms with van der Waals surface area (Å²) >= 11 is 0. The number of aryl methyl sites for hydroxylation is 4. The van der Waals surface area contributed by atoms with Gasteiger partial charge in [-0.05, 0) is 62.9 Å². The van der Waals surface area contributed by atoms with Gasteiger partial charge in [0, 0.05) is 11.4 Å². The van der Waals surface area contributed by atoms with Crippen LogP contribution in [0, 0.1) is 20.8 Å². The molecule has 0 spiro atoms. The molecular formula is C21H28N2O. The lowest BCUT2D eigenvalue weighted by Crippen LogP contribution is -2.32. The highest BCUT2D eigenvalue weighted by Crippen LogP contribution is 2.22. The fourth-order valence-corrected chi connectivity index (χ4v) is 2.98. The summed E-state index contributed by atoms with van der Waals surface area (Å²) in [5.41, 5.74) is 6.61. The van der Waals surface area contributed by atoms with E-state index in [4.69, 9.17) is 0 Å². The summed E-state index contributed by atoms with van der Waals surface area (Å²) in [7, 11) is 0. The summed E-state index contributed by atoms with van der Waals surface area (Å²) in [5.74, 6) is -0.0253. The van der Waals surface area contributed by atoms with E-state index in [1.165, 1.54) is 11.1 Å². The van der Waals surface area contributed by atoms with Crippen molar-refractivity contribution in [1.82, 2.24) is 0 Å². The molecule has 0 radical (unpaired) electrons. The van der Waals surface area contributed by atoms with Gasteiger partial charge in [-0.1, -0.05) is 43.2 Å². The van der Waals surface area contributed by atoms with Gasteiger partial charge in [-0.3, -0.25) is 4.79 Å². The van der Waals surface area contributed by atoms with Gasteiger partial charge in [-0.15, -0.1) is 0 Å². The van der Waals surface area contributed by atoms with Crippen LogP contribution in [0.2, 0.25) is 0 Å². The van der Waals surface area contributed by atoms with Crippen molar-refractivity contribution < 1.29 is 4.79 Å². The predicted molar refractivity (Wildman–Crippen MR) is 103 cm³/mol. The van der Waals surface area contributed by atoms with Crippen LogP contribution in [0.1, 0.15) is 42.5 Å². The Kier molecular flexibility index (Phi) is 6.02. The molecule has 0 aliphatic heterocycles. The Bertz CT molecular complexity index is 681. The number of rotatable bonds is 6. The maximum absolute atomic E-state index is 12.5. The van der Waals surface area contributed by atoms with E-state index in [2.05, 4.69) is 48.7 Å². The summed E-state index contributed by atoms with van der Waals surface area (Å²) in [6, 6.07) is 12.2. The van der Waals surface area contributed by atoms with E-state index in [0.29, 0.717) is 0 Å². The van der Waals surface area contributed by atoms with Crippen molar-refractivity contribution in [2.45, 2.75) is 53.5 Å². The highest BCUT2D eigenvalue weighted by atomic mass is 16.2. The fraction of sp³-hybridized carbons (Fsp3) is 0.381. The first-order chi connectivity index (χ1) is 11.4. The minimum atomic E-state index is -0.304. The molecule has 24 heavy (non-hydrogen) atoms. The number of anilines is 2. The van der Waals surface area contributed by atoms with Crippen molar-refractivity contribution in [3.8, 4) is 0 Å². The number of hydrogen-bond acceptors (Lipinski definition) is 2. The normalized spacial score (nSPS) is 11.9. The molecule has 2 rings (SSSR count). The Hall–Kier alpha value is -2.29. The molecule has 128 valence electrons. The molecule has 3 nitrogen and oxygen atoms in total. The molecule has 3 heteroatoms. The Morgan fingerprint density at radius 1 is 1.04 bits per heavy atom. The van der Waals surface area contributed by atoms with Crippen LogP contribution in [0.4, 0.5) is 11.4 Å². The highest BCUT2D eigenvalue weighted by Gasteiger charge is 2.15. The van der Waals surface area contributed by atoms with Crippen molar-refractivity contribution in [2.75, 3.05) is 10.6 Å². The van der Waals surface area contributed by atoms with Gasteiger partial charge in [0.1, 0.15) is 6.04 Å². The molecular weight excluding hydrogens is 296 g/mol. The molecule has 1 amide bonds. The van der Waals surface area contributed by atoms with Gasteiger partial charge in [0.2, 0.25) is 5.91 Å². The SMILES string of the molecule is CCCc1ccc(N[C@@H](C)C(=O)Nc2c(C)cc(C)cc2C)cc1. The van der Waals surface area contributed by atoms with Crippen molar-refractivity contribution in [1.29, 1.82) is 0 Å². The third-order valence-electron chi connectivity index (χ3n) is 4.19. The topological polar surface area (TPSA) is 41.1 Å². The van der Waals surface area contributed by atoms with Gasteiger partial charge in [0.05, 0.1) is 0 Å². The third kappa shape index (κ3) is 4.60. The predicted octanol–water partition coefficient (Wildman–Crippen LogP) is 5.00. The minimum absolute atomic E-state index is 0.0253. The quantitative estimate of drug-likeness (QED) is 0.785. The minimum Gasteiger partial charge on any atom is -0.374 e. The number of hydrogen-bond donors (Lipinski definition) is 2. The lowest BCUT2D eigenvalue weighted by atomic mass is 10.0. The van der Waals surface area contributed by atoms with E-state index in [-0.39, 0.29) is 11.9 Å². The van der Waals surface area contributed by atoms with Gasteiger partial charge in [-0.25, -0.2) is 0 Å². The Labute approximate surface area is 145 Å². The first kappa shape index (κ1) is 18.1. The van der Waals surface area contributed by atoms with Crippen molar-refractivity contribution in [3.05, 3.63) is 58.7 Å². The molecule has 2 aromatic carbocycles. The zero-order chi connectivity index (χ0) is 17.7. The number of carbonyl (C=O) groups excluding carboxylic acids is 1. The Balaban J connectivity index is 2.02. The number of carbonyl (C=O) groups is 1. The summed E-state index contributed by atoms with van der Waals surface area (Å²) in [6.07, 6.45) is 2.23. The first-order valence-electron chi connectivity index (χ1n) is 8.65. The van der Waals surface area contributed by atoms with Crippen LogP contribution < -0.4 is 10.6 Å². The second-order valence-corrected chi connectivity index (χ2v) is 6.58. The van der Waals surface area contributed by atoms with E-state index in [9.17, 15) is 4.79 Å². The zero-order valence-electron chi connectivity index (χ0n) is 15.4. The molecule has 0 bridgehead atoms. The second-order valence-electron chi connectivity index (χ2n) is 6.58. The van der Waals surface area contributed by atoms with Crippen LogP contribution >= 0.6 is 0 Å². The fourth-order valence-electron chi connectivity index (χ4n) is 2.98. The third-order valence-corrected chi connectivity index (χ3v) is 4.19. The zero-order valence-corrected chi connectivity index (χ0v) is 15.4. The van der Waals surface area contributed by atoms with Gasteiger partial charge in [0.25, 0.3) is 0 Å². The summed E-state index contributed by atoms with van der Waals surface area (Å²) in [6.45, 7) is 10.2. The van der Waals surface area contributed by atoms with Crippen LogP contribution in [0.3, 0.4) is 0 Å². The first-order valence-corrected chi connectivity index (χ1v) is 8.65. The number of nitrogens with one attached hydrogen (secondary N) is 2. The van der Waals surface area contributed by atoms with E-state index in [1.54, 1.807) is 0 Å². The summed E-state index contributed by atoms with van der Waals surface area (Å²) in [4.78, 5) is 12.5. The van der Waals surface area contributed by atoms with Crippen molar-refractivity contribution in [2.24, 2.45) is 0 Å². The molecule has 2 N–H and O–H groups in total. The smallest absolute Gasteiger partial charge is 0.246 e. The monoisotopic (exact) mass is 324 g/mol. The molecule has 0 aromatic heterocycles. The van der Waals surface area contributed by atoms with Crippen LogP contribution in [0.25, 0.3) is 0 Å². The Morgan fingerprint density at radius 2 is 1.62 bits per heavy atom. The van der Waals surface area contributed by atoms with E-state index in [1.807, 2.05) is 32.9 Å². The van der Waals surface area contributed by atoms with Crippen LogP contribution in [-0.4, -0.2) is 11.9 Å². The summed E-state index contributed by atoms with van der Waals surface area (Å²) in [5, 5.41) is 6.33. The molecule has 0 aliphatic rings. The molecule has 0 heterocycles. The molecule has 0 saturated carbocycles. The molecule has 0 unspecified atom stereocenters. The molecule has 0 saturated heterocycles. The highest BCUT2D eigenvalue weighted by molar-refractivity contribution is 5.97. The van der Waals surface area contributed by atoms with Crippen molar-refractivity contribution >= 4 is 17.3 Å². The molecule has 1 atom stereocenters. The van der Waals surface area contributed by atoms with Crippen LogP contribution in [-0.2, 0) is 11.2 Å². The number of benzene rings is 2. The largest absolute Gasteiger partial charge is 0.374 e. The molecule has 0 aliphatic carbocycles. The molecule has 0 fully saturated rings. The van der Waals surface area contributed by atoms with E-state index in [0.717, 1.165) is 35.3 Å². The number of amides is 1. The van der Waals surface area contributed by atoms with Gasteiger partial charge < -0.3 is 10.6 Å². The van der Waals surface area contributed by atoms with E-state index >= 15 is 0 Å². The van der Waals surface area contributed by atoms with Gasteiger partial charge >= 0.3 is 0 Å².